The van der Waals surface area contributed by atoms with Crippen molar-refractivity contribution in [3.8, 4) is 28.5 Å². The molecule has 3 aromatic rings. The summed E-state index contributed by atoms with van der Waals surface area (Å²) < 4.78 is 18.0. The molecule has 0 spiro atoms. The summed E-state index contributed by atoms with van der Waals surface area (Å²) in [6, 6.07) is 5.67. The van der Waals surface area contributed by atoms with Crippen LogP contribution in [0.2, 0.25) is 0 Å². The van der Waals surface area contributed by atoms with E-state index in [0.717, 1.165) is 28.4 Å². The fraction of sp³-hybridized carbons (Fsp3) is 0.250. The van der Waals surface area contributed by atoms with E-state index in [4.69, 9.17) is 31.5 Å². The lowest BCUT2D eigenvalue weighted by Gasteiger charge is -2.17. The zero-order chi connectivity index (χ0) is 20.5. The van der Waals surface area contributed by atoms with Gasteiger partial charge in [0.05, 0.1) is 32.7 Å². The van der Waals surface area contributed by atoms with Gasteiger partial charge in [0.2, 0.25) is 11.7 Å². The maximum absolute atomic E-state index is 6.06. The number of methoxy groups -OCH3 is 3. The van der Waals surface area contributed by atoms with Crippen molar-refractivity contribution < 1.29 is 14.2 Å². The quantitative estimate of drug-likeness (QED) is 0.682. The molecule has 2 heterocycles. The van der Waals surface area contributed by atoms with Gasteiger partial charge >= 0.3 is 0 Å². The van der Waals surface area contributed by atoms with Gasteiger partial charge in [0.1, 0.15) is 0 Å². The second-order valence-corrected chi connectivity index (χ2v) is 6.89. The lowest BCUT2D eigenvalue weighted by Crippen LogP contribution is -2.06. The molecule has 1 unspecified atom stereocenters. The lowest BCUT2D eigenvalue weighted by atomic mass is 9.95. The van der Waals surface area contributed by atoms with Crippen LogP contribution >= 0.6 is 11.6 Å². The van der Waals surface area contributed by atoms with E-state index in [0.29, 0.717) is 23.0 Å². The van der Waals surface area contributed by atoms with Crippen LogP contribution in [-0.2, 0) is 0 Å². The fourth-order valence-electron chi connectivity index (χ4n) is 3.34. The molecular weight excluding hydrogens is 394 g/mol. The average Bonchev–Trinajstić information content (AvgIpc) is 3.12. The van der Waals surface area contributed by atoms with Crippen LogP contribution in [-0.4, -0.2) is 40.9 Å². The molecule has 0 bridgehead atoms. The molecular formula is C20H20ClN5O3. The van der Waals surface area contributed by atoms with E-state index in [9.17, 15) is 0 Å². The summed E-state index contributed by atoms with van der Waals surface area (Å²) in [4.78, 5) is 8.90. The highest BCUT2D eigenvalue weighted by molar-refractivity contribution is 6.31. The third kappa shape index (κ3) is 3.47. The molecule has 1 aliphatic carbocycles. The molecule has 0 saturated heterocycles. The molecule has 0 amide bonds. The molecule has 2 aromatic heterocycles. The Balaban J connectivity index is 1.92. The first-order valence-corrected chi connectivity index (χ1v) is 9.29. The van der Waals surface area contributed by atoms with Crippen molar-refractivity contribution in [2.24, 2.45) is 0 Å². The van der Waals surface area contributed by atoms with Gasteiger partial charge in [-0.1, -0.05) is 23.8 Å². The lowest BCUT2D eigenvalue weighted by molar-refractivity contribution is 0.324. The van der Waals surface area contributed by atoms with E-state index >= 15 is 0 Å². The van der Waals surface area contributed by atoms with Crippen molar-refractivity contribution in [1.29, 1.82) is 0 Å². The monoisotopic (exact) mass is 413 g/mol. The van der Waals surface area contributed by atoms with Crippen molar-refractivity contribution in [2.75, 3.05) is 27.1 Å². The highest BCUT2D eigenvalue weighted by Crippen LogP contribution is 2.41. The Kier molecular flexibility index (Phi) is 5.02. The first-order valence-electron chi connectivity index (χ1n) is 8.91. The third-order valence-electron chi connectivity index (χ3n) is 4.74. The summed E-state index contributed by atoms with van der Waals surface area (Å²) >= 11 is 6.06. The van der Waals surface area contributed by atoms with Gasteiger partial charge in [-0.05, 0) is 30.7 Å². The topological polar surface area (TPSA) is 96.8 Å². The summed E-state index contributed by atoms with van der Waals surface area (Å²) in [5.41, 5.74) is 8.24. The molecule has 0 aliphatic heterocycles. The average molecular weight is 414 g/mol. The molecule has 29 heavy (non-hydrogen) atoms. The van der Waals surface area contributed by atoms with Crippen molar-refractivity contribution in [2.45, 2.75) is 12.3 Å². The van der Waals surface area contributed by atoms with Gasteiger partial charge in [0.25, 0.3) is 5.78 Å². The van der Waals surface area contributed by atoms with Crippen LogP contribution in [0.25, 0.3) is 17.0 Å². The Morgan fingerprint density at radius 1 is 1.07 bits per heavy atom. The predicted octanol–water partition coefficient (Wildman–Crippen LogP) is 3.57. The zero-order valence-corrected chi connectivity index (χ0v) is 17.0. The number of rotatable bonds is 5. The number of fused-ring (bicyclic) bond motifs is 1. The first-order chi connectivity index (χ1) is 14.0. The van der Waals surface area contributed by atoms with Crippen LogP contribution in [0, 0.1) is 0 Å². The number of hydrogen-bond acceptors (Lipinski definition) is 7. The highest BCUT2D eigenvalue weighted by Gasteiger charge is 2.20. The number of aromatic nitrogens is 4. The number of hydrogen-bond donors (Lipinski definition) is 1. The molecule has 150 valence electrons. The van der Waals surface area contributed by atoms with Crippen LogP contribution in [0.4, 0.5) is 5.95 Å². The van der Waals surface area contributed by atoms with Gasteiger partial charge in [-0.3, -0.25) is 0 Å². The molecule has 0 radical (unpaired) electrons. The number of halogens is 1. The number of benzene rings is 1. The van der Waals surface area contributed by atoms with Gasteiger partial charge < -0.3 is 19.9 Å². The second-order valence-electron chi connectivity index (χ2n) is 6.45. The Labute approximate surface area is 172 Å². The predicted molar refractivity (Wildman–Crippen MR) is 111 cm³/mol. The van der Waals surface area contributed by atoms with Crippen molar-refractivity contribution >= 4 is 23.3 Å². The fourth-order valence-corrected chi connectivity index (χ4v) is 3.50. The van der Waals surface area contributed by atoms with Gasteiger partial charge in [0.15, 0.2) is 11.5 Å². The van der Waals surface area contributed by atoms with Gasteiger partial charge in [-0.15, -0.1) is 5.10 Å². The van der Waals surface area contributed by atoms with Gasteiger partial charge in [-0.2, -0.15) is 9.50 Å². The Morgan fingerprint density at radius 2 is 1.79 bits per heavy atom. The molecule has 1 aliphatic rings. The van der Waals surface area contributed by atoms with Crippen LogP contribution in [0.3, 0.4) is 0 Å². The van der Waals surface area contributed by atoms with Crippen molar-refractivity contribution in [3.05, 3.63) is 47.2 Å². The van der Waals surface area contributed by atoms with Crippen molar-refractivity contribution in [1.82, 2.24) is 19.6 Å². The van der Waals surface area contributed by atoms with Crippen LogP contribution in [0.1, 0.15) is 18.0 Å². The molecule has 1 atom stereocenters. The van der Waals surface area contributed by atoms with E-state index in [2.05, 4.69) is 15.1 Å². The Morgan fingerprint density at radius 3 is 2.38 bits per heavy atom. The zero-order valence-electron chi connectivity index (χ0n) is 16.2. The van der Waals surface area contributed by atoms with E-state index in [1.165, 1.54) is 0 Å². The standard InChI is InChI=1S/C20H20ClN5O3/c1-27-16-8-12(9-17(28-2)18(16)29-3)15-10-14(11-4-6-13(21)7-5-11)23-20-24-19(22)25-26(15)20/h4,6-11H,5H2,1-3H3,(H2,22,25). The minimum absolute atomic E-state index is 0.0706. The normalized spacial score (nSPS) is 16.0. The SMILES string of the molecule is COc1cc(-c2cc(C3C=CC(Cl)=CC3)nc3nc(N)nn23)cc(OC)c1OC. The highest BCUT2D eigenvalue weighted by atomic mass is 35.5. The maximum atomic E-state index is 6.06. The Bertz CT molecular complexity index is 1110. The van der Waals surface area contributed by atoms with Gasteiger partial charge in [0, 0.05) is 16.5 Å². The smallest absolute Gasteiger partial charge is 0.254 e. The maximum Gasteiger partial charge on any atom is 0.254 e. The Hall–Kier alpha value is -3.26. The van der Waals surface area contributed by atoms with E-state index < -0.39 is 0 Å². The molecule has 0 saturated carbocycles. The third-order valence-corrected chi connectivity index (χ3v) is 5.02. The van der Waals surface area contributed by atoms with Crippen LogP contribution in [0.15, 0.2) is 41.5 Å². The van der Waals surface area contributed by atoms with Gasteiger partial charge in [-0.25, -0.2) is 4.98 Å². The van der Waals surface area contributed by atoms with E-state index in [-0.39, 0.29) is 11.9 Å². The van der Waals surface area contributed by atoms with Crippen LogP contribution < -0.4 is 19.9 Å². The molecule has 9 heteroatoms. The minimum atomic E-state index is 0.0706. The number of nitrogens with two attached hydrogens (primary N) is 1. The molecule has 8 nitrogen and oxygen atoms in total. The molecule has 4 rings (SSSR count). The number of ether oxygens (including phenoxy) is 3. The number of nitrogens with zero attached hydrogens (tertiary/aromatic N) is 4. The largest absolute Gasteiger partial charge is 0.493 e. The summed E-state index contributed by atoms with van der Waals surface area (Å²) in [5, 5.41) is 5.02. The summed E-state index contributed by atoms with van der Waals surface area (Å²) in [7, 11) is 4.71. The second kappa shape index (κ2) is 7.63. The molecule has 2 N–H and O–H groups in total. The van der Waals surface area contributed by atoms with Crippen LogP contribution in [0.5, 0.6) is 17.2 Å². The van der Waals surface area contributed by atoms with Crippen molar-refractivity contribution in [3.63, 3.8) is 0 Å². The number of anilines is 1. The number of nitrogen functional groups attached to an aromatic ring is 1. The molecule has 1 aromatic carbocycles. The molecule has 0 fully saturated rings. The summed E-state index contributed by atoms with van der Waals surface area (Å²) in [6.07, 6.45) is 6.62. The first kappa shape index (κ1) is 19.1. The minimum Gasteiger partial charge on any atom is -0.493 e. The van der Waals surface area contributed by atoms with E-state index in [1.54, 1.807) is 25.8 Å². The summed E-state index contributed by atoms with van der Waals surface area (Å²) in [6.45, 7) is 0. The summed E-state index contributed by atoms with van der Waals surface area (Å²) in [5.74, 6) is 2.21. The van der Waals surface area contributed by atoms with E-state index in [1.807, 2.05) is 36.4 Å². The number of allylic oxidation sites excluding steroid dienone is 4.